The smallest absolute Gasteiger partial charge is 0.223 e. The number of halogens is 2. The van der Waals surface area contributed by atoms with Gasteiger partial charge in [-0.05, 0) is 37.2 Å². The first-order chi connectivity index (χ1) is 12.9. The molecule has 0 aromatic carbocycles. The van der Waals surface area contributed by atoms with Crippen molar-refractivity contribution in [1.29, 1.82) is 0 Å². The highest BCUT2D eigenvalue weighted by Crippen LogP contribution is 2.42. The number of rotatable bonds is 3. The molecule has 1 N–H and O–H groups in total. The highest BCUT2D eigenvalue weighted by Gasteiger charge is 2.49. The fourth-order valence-electron chi connectivity index (χ4n) is 5.10. The van der Waals surface area contributed by atoms with Crippen molar-refractivity contribution in [3.8, 4) is 0 Å². The van der Waals surface area contributed by atoms with Crippen LogP contribution in [0.2, 0.25) is 5.02 Å². The second-order valence-corrected chi connectivity index (χ2v) is 8.32. The fraction of sp³-hybridized carbons (Fsp3) is 0.632. The van der Waals surface area contributed by atoms with Gasteiger partial charge in [-0.2, -0.15) is 0 Å². The van der Waals surface area contributed by atoms with Crippen LogP contribution in [0.5, 0.6) is 0 Å². The zero-order chi connectivity index (χ0) is 19.1. The van der Waals surface area contributed by atoms with Gasteiger partial charge in [0.1, 0.15) is 0 Å². The molecular weight excluding hydrogens is 371 g/mol. The molecule has 3 fully saturated rings. The number of nitrogens with one attached hydrogen (secondary N) is 1. The summed E-state index contributed by atoms with van der Waals surface area (Å²) in [6, 6.07) is 1.39. The van der Waals surface area contributed by atoms with Gasteiger partial charge in [0.25, 0.3) is 0 Å². The standard InChI is InChI=1S/C19H24ClFN4O2/c1-11(26)22-8-17-13-5-12(16-3-2-4-18(27)25(16)17)9-24(10-13)19-15(21)6-14(20)7-23-19/h6-7,12-13,16-17H,2-5,8-10H2,1H3,(H,22,26)/t12-,13+,16+,17+/m1/s1. The molecule has 3 aliphatic heterocycles. The number of hydrogen-bond donors (Lipinski definition) is 1. The van der Waals surface area contributed by atoms with Gasteiger partial charge >= 0.3 is 0 Å². The number of aromatic nitrogens is 1. The van der Waals surface area contributed by atoms with E-state index < -0.39 is 5.82 Å². The summed E-state index contributed by atoms with van der Waals surface area (Å²) in [7, 11) is 0. The Bertz CT molecular complexity index is 761. The van der Waals surface area contributed by atoms with Crippen LogP contribution in [0.3, 0.4) is 0 Å². The van der Waals surface area contributed by atoms with E-state index in [-0.39, 0.29) is 34.8 Å². The zero-order valence-electron chi connectivity index (χ0n) is 15.3. The predicted octanol–water partition coefficient (Wildman–Crippen LogP) is 2.22. The number of pyridine rings is 1. The van der Waals surface area contributed by atoms with Crippen molar-refractivity contribution in [2.45, 2.75) is 44.7 Å². The lowest BCUT2D eigenvalue weighted by atomic mass is 9.72. The van der Waals surface area contributed by atoms with Crippen LogP contribution in [0.1, 0.15) is 32.6 Å². The quantitative estimate of drug-likeness (QED) is 0.853. The molecule has 3 aliphatic rings. The van der Waals surface area contributed by atoms with Crippen molar-refractivity contribution < 1.29 is 14.0 Å². The molecule has 1 aromatic rings. The number of carbonyl (C=O) groups is 2. The van der Waals surface area contributed by atoms with Gasteiger partial charge in [-0.1, -0.05) is 11.6 Å². The van der Waals surface area contributed by atoms with E-state index in [4.69, 9.17) is 11.6 Å². The Hall–Kier alpha value is -1.89. The van der Waals surface area contributed by atoms with Gasteiger partial charge in [-0.3, -0.25) is 9.59 Å². The molecule has 8 heteroatoms. The summed E-state index contributed by atoms with van der Waals surface area (Å²) in [6.07, 6.45) is 4.88. The van der Waals surface area contributed by atoms with Crippen molar-refractivity contribution in [1.82, 2.24) is 15.2 Å². The fourth-order valence-corrected chi connectivity index (χ4v) is 5.24. The van der Waals surface area contributed by atoms with Crippen LogP contribution >= 0.6 is 11.6 Å². The number of piperidine rings is 3. The van der Waals surface area contributed by atoms with E-state index in [2.05, 4.69) is 10.3 Å². The minimum Gasteiger partial charge on any atom is -0.354 e. The van der Waals surface area contributed by atoms with Gasteiger partial charge < -0.3 is 15.1 Å². The lowest BCUT2D eigenvalue weighted by Gasteiger charge is -2.56. The molecule has 0 saturated carbocycles. The van der Waals surface area contributed by atoms with E-state index in [1.807, 2.05) is 9.80 Å². The first kappa shape index (κ1) is 18.5. The highest BCUT2D eigenvalue weighted by molar-refractivity contribution is 6.30. The van der Waals surface area contributed by atoms with E-state index in [9.17, 15) is 14.0 Å². The van der Waals surface area contributed by atoms with Crippen molar-refractivity contribution in [2.24, 2.45) is 11.8 Å². The van der Waals surface area contributed by atoms with Crippen LogP contribution in [-0.2, 0) is 9.59 Å². The summed E-state index contributed by atoms with van der Waals surface area (Å²) < 4.78 is 14.4. The molecule has 2 bridgehead atoms. The van der Waals surface area contributed by atoms with Gasteiger partial charge in [-0.25, -0.2) is 9.37 Å². The molecule has 4 rings (SSSR count). The van der Waals surface area contributed by atoms with E-state index >= 15 is 0 Å². The molecule has 0 unspecified atom stereocenters. The maximum Gasteiger partial charge on any atom is 0.223 e. The number of anilines is 1. The minimum absolute atomic E-state index is 0.0545. The third-order valence-corrected chi connectivity index (χ3v) is 6.35. The molecule has 6 nitrogen and oxygen atoms in total. The first-order valence-corrected chi connectivity index (χ1v) is 9.93. The molecule has 146 valence electrons. The molecule has 27 heavy (non-hydrogen) atoms. The molecule has 0 aliphatic carbocycles. The summed E-state index contributed by atoms with van der Waals surface area (Å²) >= 11 is 5.85. The molecule has 4 heterocycles. The van der Waals surface area contributed by atoms with Gasteiger partial charge in [-0.15, -0.1) is 0 Å². The first-order valence-electron chi connectivity index (χ1n) is 9.55. The van der Waals surface area contributed by atoms with E-state index in [1.165, 1.54) is 19.2 Å². The van der Waals surface area contributed by atoms with Gasteiger partial charge in [0, 0.05) is 45.2 Å². The normalized spacial score (nSPS) is 30.1. The van der Waals surface area contributed by atoms with Crippen LogP contribution in [0, 0.1) is 17.7 Å². The maximum absolute atomic E-state index is 14.4. The number of carbonyl (C=O) groups excluding carboxylic acids is 2. The van der Waals surface area contributed by atoms with Crippen molar-refractivity contribution in [2.75, 3.05) is 24.5 Å². The summed E-state index contributed by atoms with van der Waals surface area (Å²) in [6.45, 7) is 3.23. The van der Waals surface area contributed by atoms with Crippen LogP contribution in [-0.4, -0.2) is 53.4 Å². The van der Waals surface area contributed by atoms with Crippen LogP contribution in [0.25, 0.3) is 0 Å². The Morgan fingerprint density at radius 1 is 1.41 bits per heavy atom. The van der Waals surface area contributed by atoms with E-state index in [0.29, 0.717) is 37.8 Å². The molecule has 0 spiro atoms. The summed E-state index contributed by atoms with van der Waals surface area (Å²) in [4.78, 5) is 32.4. The van der Waals surface area contributed by atoms with Gasteiger partial charge in [0.05, 0.1) is 11.1 Å². The minimum atomic E-state index is -0.419. The molecule has 4 atom stereocenters. The Morgan fingerprint density at radius 2 is 2.19 bits per heavy atom. The lowest BCUT2D eigenvalue weighted by molar-refractivity contribution is -0.149. The molecule has 1 aromatic heterocycles. The predicted molar refractivity (Wildman–Crippen MR) is 100.0 cm³/mol. The third-order valence-electron chi connectivity index (χ3n) is 6.14. The van der Waals surface area contributed by atoms with Crippen LogP contribution in [0.4, 0.5) is 10.2 Å². The van der Waals surface area contributed by atoms with E-state index in [1.54, 1.807) is 0 Å². The van der Waals surface area contributed by atoms with Crippen molar-refractivity contribution in [3.63, 3.8) is 0 Å². The molecule has 0 radical (unpaired) electrons. The number of hydrogen-bond acceptors (Lipinski definition) is 4. The topological polar surface area (TPSA) is 65.5 Å². The second-order valence-electron chi connectivity index (χ2n) is 7.88. The number of nitrogens with zero attached hydrogens (tertiary/aromatic N) is 3. The Morgan fingerprint density at radius 3 is 2.93 bits per heavy atom. The summed E-state index contributed by atoms with van der Waals surface area (Å²) in [5, 5.41) is 3.17. The molecule has 3 saturated heterocycles. The average Bonchev–Trinajstić information content (AvgIpc) is 2.62. The molecule has 2 amide bonds. The van der Waals surface area contributed by atoms with Gasteiger partial charge in [0.15, 0.2) is 11.6 Å². The molecular formula is C19H24ClFN4O2. The van der Waals surface area contributed by atoms with Crippen LogP contribution < -0.4 is 10.2 Å². The van der Waals surface area contributed by atoms with Crippen molar-refractivity contribution in [3.05, 3.63) is 23.1 Å². The number of fused-ring (bicyclic) bond motifs is 4. The third kappa shape index (κ3) is 3.49. The van der Waals surface area contributed by atoms with Gasteiger partial charge in [0.2, 0.25) is 11.8 Å². The Labute approximate surface area is 163 Å². The van der Waals surface area contributed by atoms with Crippen molar-refractivity contribution >= 4 is 29.2 Å². The number of amides is 2. The second kappa shape index (κ2) is 7.26. The van der Waals surface area contributed by atoms with E-state index in [0.717, 1.165) is 19.3 Å². The average molecular weight is 395 g/mol. The maximum atomic E-state index is 14.4. The summed E-state index contributed by atoms with van der Waals surface area (Å²) in [5.74, 6) is 0.446. The Balaban J connectivity index is 1.63. The summed E-state index contributed by atoms with van der Waals surface area (Å²) in [5.41, 5.74) is 0. The van der Waals surface area contributed by atoms with Crippen LogP contribution in [0.15, 0.2) is 12.3 Å². The largest absolute Gasteiger partial charge is 0.354 e. The lowest BCUT2D eigenvalue weighted by Crippen LogP contribution is -2.67. The highest BCUT2D eigenvalue weighted by atomic mass is 35.5. The monoisotopic (exact) mass is 394 g/mol. The Kier molecular flexibility index (Phi) is 4.97. The SMILES string of the molecule is CC(=O)NC[C@H]1[C@H]2C[C@H](CN(c3ncc(Cl)cc3F)C2)[C@@H]2CCCC(=O)N21. The zero-order valence-corrected chi connectivity index (χ0v) is 16.1.